The van der Waals surface area contributed by atoms with Gasteiger partial charge in [-0.25, -0.2) is 4.39 Å². The summed E-state index contributed by atoms with van der Waals surface area (Å²) in [7, 11) is 1.80. The molecule has 0 spiro atoms. The second-order valence-electron chi connectivity index (χ2n) is 4.30. The lowest BCUT2D eigenvalue weighted by Crippen LogP contribution is -2.47. The van der Waals surface area contributed by atoms with Gasteiger partial charge in [0.1, 0.15) is 5.82 Å². The smallest absolute Gasteiger partial charge is 0.236 e. The molecule has 1 saturated heterocycles. The van der Waals surface area contributed by atoms with E-state index in [4.69, 9.17) is 0 Å². The largest absolute Gasteiger partial charge is 0.343 e. The van der Waals surface area contributed by atoms with E-state index in [1.807, 2.05) is 11.0 Å². The number of hydrogen-bond donors (Lipinski definition) is 0. The number of benzene rings is 1. The number of rotatable bonds is 2. The summed E-state index contributed by atoms with van der Waals surface area (Å²) < 4.78 is 13.9. The highest BCUT2D eigenvalue weighted by atomic mass is 79.9. The van der Waals surface area contributed by atoms with Gasteiger partial charge in [-0.15, -0.1) is 0 Å². The van der Waals surface area contributed by atoms with Crippen LogP contribution >= 0.6 is 15.9 Å². The van der Waals surface area contributed by atoms with Crippen molar-refractivity contribution in [3.05, 3.63) is 34.1 Å². The van der Waals surface area contributed by atoms with Crippen LogP contribution in [0.1, 0.15) is 5.56 Å². The molecule has 1 amide bonds. The van der Waals surface area contributed by atoms with Crippen LogP contribution in [0.2, 0.25) is 0 Å². The third-order valence-corrected chi connectivity index (χ3v) is 3.32. The van der Waals surface area contributed by atoms with Gasteiger partial charge in [-0.1, -0.05) is 15.9 Å². The van der Waals surface area contributed by atoms with Gasteiger partial charge in [0.25, 0.3) is 0 Å². The third-order valence-electron chi connectivity index (χ3n) is 2.86. The molecule has 0 aromatic heterocycles. The first-order valence-corrected chi connectivity index (χ1v) is 6.25. The molecular formula is C12H14BrFN2O. The number of carbonyl (C=O) groups is 1. The Balaban J connectivity index is 2.03. The quantitative estimate of drug-likeness (QED) is 0.832. The molecule has 1 aromatic carbocycles. The zero-order valence-corrected chi connectivity index (χ0v) is 11.2. The zero-order chi connectivity index (χ0) is 12.4. The van der Waals surface area contributed by atoms with Crippen LogP contribution in [0.4, 0.5) is 4.39 Å². The number of likely N-dealkylation sites (N-methyl/N-ethyl adjacent to an activating group) is 1. The maximum Gasteiger partial charge on any atom is 0.236 e. The molecule has 1 aliphatic heterocycles. The Morgan fingerprint density at radius 1 is 1.35 bits per heavy atom. The second-order valence-corrected chi connectivity index (χ2v) is 5.22. The first-order valence-electron chi connectivity index (χ1n) is 5.46. The summed E-state index contributed by atoms with van der Waals surface area (Å²) >= 11 is 3.27. The van der Waals surface area contributed by atoms with Crippen molar-refractivity contribution in [3.63, 3.8) is 0 Å². The van der Waals surface area contributed by atoms with Crippen molar-refractivity contribution >= 4 is 21.8 Å². The van der Waals surface area contributed by atoms with Crippen molar-refractivity contribution in [2.75, 3.05) is 26.7 Å². The van der Waals surface area contributed by atoms with Crippen molar-refractivity contribution in [2.45, 2.75) is 6.54 Å². The fourth-order valence-corrected chi connectivity index (χ4v) is 2.42. The van der Waals surface area contributed by atoms with E-state index in [0.717, 1.165) is 23.1 Å². The van der Waals surface area contributed by atoms with Crippen LogP contribution in [0, 0.1) is 5.82 Å². The molecule has 1 heterocycles. The number of carbonyl (C=O) groups excluding carboxylic acids is 1. The topological polar surface area (TPSA) is 23.6 Å². The van der Waals surface area contributed by atoms with Crippen molar-refractivity contribution in [3.8, 4) is 0 Å². The van der Waals surface area contributed by atoms with Crippen LogP contribution in [0.3, 0.4) is 0 Å². The SMILES string of the molecule is CN1CCN(Cc2cc(F)cc(Br)c2)CC1=O. The summed E-state index contributed by atoms with van der Waals surface area (Å²) in [5.74, 6) is -0.137. The average Bonchev–Trinajstić information content (AvgIpc) is 2.22. The Morgan fingerprint density at radius 3 is 2.76 bits per heavy atom. The van der Waals surface area contributed by atoms with Gasteiger partial charge >= 0.3 is 0 Å². The monoisotopic (exact) mass is 300 g/mol. The van der Waals surface area contributed by atoms with Gasteiger partial charge in [0.15, 0.2) is 0 Å². The molecule has 0 bridgehead atoms. The third kappa shape index (κ3) is 3.26. The van der Waals surface area contributed by atoms with Crippen LogP contribution in [-0.2, 0) is 11.3 Å². The summed E-state index contributed by atoms with van der Waals surface area (Å²) in [5.41, 5.74) is 0.884. The number of nitrogens with zero attached hydrogens (tertiary/aromatic N) is 2. The molecule has 0 aliphatic carbocycles. The normalized spacial score (nSPS) is 17.6. The number of piperazine rings is 1. The Morgan fingerprint density at radius 2 is 2.12 bits per heavy atom. The maximum atomic E-state index is 13.2. The lowest BCUT2D eigenvalue weighted by Gasteiger charge is -2.31. The Kier molecular flexibility index (Phi) is 3.79. The van der Waals surface area contributed by atoms with E-state index in [0.29, 0.717) is 13.1 Å². The molecule has 0 N–H and O–H groups in total. The molecule has 0 atom stereocenters. The summed E-state index contributed by atoms with van der Waals surface area (Å²) in [6.45, 7) is 2.58. The molecule has 0 radical (unpaired) electrons. The van der Waals surface area contributed by atoms with Crippen LogP contribution in [-0.4, -0.2) is 42.4 Å². The van der Waals surface area contributed by atoms with Crippen LogP contribution in [0.15, 0.2) is 22.7 Å². The Hall–Kier alpha value is -0.940. The molecule has 5 heteroatoms. The van der Waals surface area contributed by atoms with E-state index in [9.17, 15) is 9.18 Å². The van der Waals surface area contributed by atoms with E-state index in [1.54, 1.807) is 11.9 Å². The first kappa shape index (κ1) is 12.5. The molecule has 0 saturated carbocycles. The first-order chi connectivity index (χ1) is 8.04. The minimum absolute atomic E-state index is 0.117. The minimum atomic E-state index is -0.255. The lowest BCUT2D eigenvalue weighted by molar-refractivity contribution is -0.134. The van der Waals surface area contributed by atoms with Crippen molar-refractivity contribution in [1.82, 2.24) is 9.80 Å². The predicted molar refractivity (Wildman–Crippen MR) is 67.0 cm³/mol. The van der Waals surface area contributed by atoms with Crippen LogP contribution in [0.25, 0.3) is 0 Å². The highest BCUT2D eigenvalue weighted by molar-refractivity contribution is 9.10. The molecule has 3 nitrogen and oxygen atoms in total. The number of halogens is 2. The zero-order valence-electron chi connectivity index (χ0n) is 9.62. The van der Waals surface area contributed by atoms with Gasteiger partial charge in [0, 0.05) is 31.2 Å². The molecule has 1 aromatic rings. The Labute approximate surface area is 108 Å². The van der Waals surface area contributed by atoms with Crippen molar-refractivity contribution in [2.24, 2.45) is 0 Å². The summed E-state index contributed by atoms with van der Waals surface area (Å²) in [5, 5.41) is 0. The van der Waals surface area contributed by atoms with E-state index >= 15 is 0 Å². The van der Waals surface area contributed by atoms with Crippen molar-refractivity contribution in [1.29, 1.82) is 0 Å². The molecule has 2 rings (SSSR count). The highest BCUT2D eigenvalue weighted by Gasteiger charge is 2.20. The van der Waals surface area contributed by atoms with E-state index in [2.05, 4.69) is 15.9 Å². The number of amides is 1. The molecule has 92 valence electrons. The Bertz CT molecular complexity index is 418. The van der Waals surface area contributed by atoms with Crippen LogP contribution in [0.5, 0.6) is 0 Å². The van der Waals surface area contributed by atoms with Gasteiger partial charge in [-0.2, -0.15) is 0 Å². The highest BCUT2D eigenvalue weighted by Crippen LogP contribution is 2.17. The number of hydrogen-bond acceptors (Lipinski definition) is 2. The standard InChI is InChI=1S/C12H14BrFN2O/c1-15-2-3-16(8-12(15)17)7-9-4-10(13)6-11(14)5-9/h4-6H,2-3,7-8H2,1H3. The van der Waals surface area contributed by atoms with Gasteiger partial charge in [0.05, 0.1) is 6.54 Å². The van der Waals surface area contributed by atoms with Gasteiger partial charge in [-0.05, 0) is 23.8 Å². The molecule has 1 fully saturated rings. The van der Waals surface area contributed by atoms with Crippen LogP contribution < -0.4 is 0 Å². The fourth-order valence-electron chi connectivity index (χ4n) is 1.90. The average molecular weight is 301 g/mol. The summed E-state index contributed by atoms with van der Waals surface area (Å²) in [6.07, 6.45) is 0. The van der Waals surface area contributed by atoms with Gasteiger partial charge in [-0.3, -0.25) is 9.69 Å². The molecular weight excluding hydrogens is 287 g/mol. The van der Waals surface area contributed by atoms with Gasteiger partial charge < -0.3 is 4.90 Å². The summed E-state index contributed by atoms with van der Waals surface area (Å²) in [6, 6.07) is 4.82. The van der Waals surface area contributed by atoms with Gasteiger partial charge in [0.2, 0.25) is 5.91 Å². The molecule has 1 aliphatic rings. The van der Waals surface area contributed by atoms with E-state index in [-0.39, 0.29) is 11.7 Å². The lowest BCUT2D eigenvalue weighted by atomic mass is 10.2. The fraction of sp³-hybridized carbons (Fsp3) is 0.417. The second kappa shape index (κ2) is 5.14. The molecule has 0 unspecified atom stereocenters. The summed E-state index contributed by atoms with van der Waals surface area (Å²) in [4.78, 5) is 15.3. The van der Waals surface area contributed by atoms with E-state index < -0.39 is 0 Å². The molecule has 17 heavy (non-hydrogen) atoms. The maximum absolute atomic E-state index is 13.2. The van der Waals surface area contributed by atoms with Crippen molar-refractivity contribution < 1.29 is 9.18 Å². The minimum Gasteiger partial charge on any atom is -0.343 e. The predicted octanol–water partition coefficient (Wildman–Crippen LogP) is 1.86. The van der Waals surface area contributed by atoms with E-state index in [1.165, 1.54) is 12.1 Å².